The van der Waals surface area contributed by atoms with Gasteiger partial charge in [-0.25, -0.2) is 0 Å². The van der Waals surface area contributed by atoms with Crippen LogP contribution >= 0.6 is 0 Å². The number of nitrogens with one attached hydrogen (secondary N) is 2. The van der Waals surface area contributed by atoms with Crippen LogP contribution in [-0.4, -0.2) is 25.2 Å². The van der Waals surface area contributed by atoms with Crippen LogP contribution in [-0.2, 0) is 0 Å². The van der Waals surface area contributed by atoms with Crippen molar-refractivity contribution in [3.8, 4) is 11.5 Å². The minimum Gasteiger partial charge on any atom is -0.486 e. The zero-order valence-electron chi connectivity index (χ0n) is 10.6. The molecule has 0 bridgehead atoms. The highest BCUT2D eigenvalue weighted by atomic mass is 16.6. The Bertz CT molecular complexity index is 587. The number of hydrogen-bond acceptors (Lipinski definition) is 5. The predicted octanol–water partition coefficient (Wildman–Crippen LogP) is 2.64. The first-order chi connectivity index (χ1) is 9.35. The minimum absolute atomic E-state index is 0.591. The first-order valence-electron chi connectivity index (χ1n) is 6.14. The number of pyridine rings is 1. The van der Waals surface area contributed by atoms with E-state index in [-0.39, 0.29) is 0 Å². The van der Waals surface area contributed by atoms with E-state index in [1.54, 1.807) is 12.4 Å². The Morgan fingerprint density at radius 1 is 0.947 bits per heavy atom. The second kappa shape index (κ2) is 5.06. The molecule has 5 nitrogen and oxygen atoms in total. The Morgan fingerprint density at radius 3 is 2.58 bits per heavy atom. The number of rotatable bonds is 3. The fraction of sp³-hybridized carbons (Fsp3) is 0.214. The SMILES string of the molecule is CNc1cncc(Nc2ccc3c(c2)OCCO3)c1. The van der Waals surface area contributed by atoms with Crippen molar-refractivity contribution in [1.82, 2.24) is 4.98 Å². The van der Waals surface area contributed by atoms with Crippen molar-refractivity contribution in [2.24, 2.45) is 0 Å². The van der Waals surface area contributed by atoms with Crippen LogP contribution in [0.1, 0.15) is 0 Å². The fourth-order valence-electron chi connectivity index (χ4n) is 1.93. The van der Waals surface area contributed by atoms with Crippen molar-refractivity contribution in [3.05, 3.63) is 36.7 Å². The monoisotopic (exact) mass is 257 g/mol. The summed E-state index contributed by atoms with van der Waals surface area (Å²) in [5, 5.41) is 6.35. The number of ether oxygens (including phenoxy) is 2. The van der Waals surface area contributed by atoms with Gasteiger partial charge in [-0.3, -0.25) is 4.98 Å². The summed E-state index contributed by atoms with van der Waals surface area (Å²) in [6.07, 6.45) is 3.55. The van der Waals surface area contributed by atoms with E-state index in [4.69, 9.17) is 9.47 Å². The molecule has 5 heteroatoms. The minimum atomic E-state index is 0.591. The summed E-state index contributed by atoms with van der Waals surface area (Å²) in [4.78, 5) is 4.16. The van der Waals surface area contributed by atoms with Crippen molar-refractivity contribution < 1.29 is 9.47 Å². The largest absolute Gasteiger partial charge is 0.486 e. The maximum absolute atomic E-state index is 5.55. The summed E-state index contributed by atoms with van der Waals surface area (Å²) in [5.74, 6) is 1.56. The molecular formula is C14H15N3O2. The molecule has 0 fully saturated rings. The maximum atomic E-state index is 5.55. The van der Waals surface area contributed by atoms with Gasteiger partial charge >= 0.3 is 0 Å². The van der Waals surface area contributed by atoms with Crippen molar-refractivity contribution in [2.75, 3.05) is 30.9 Å². The lowest BCUT2D eigenvalue weighted by Crippen LogP contribution is -2.15. The molecule has 19 heavy (non-hydrogen) atoms. The van der Waals surface area contributed by atoms with Crippen LogP contribution in [0, 0.1) is 0 Å². The van der Waals surface area contributed by atoms with Gasteiger partial charge in [0.05, 0.1) is 23.8 Å². The quantitative estimate of drug-likeness (QED) is 0.885. The van der Waals surface area contributed by atoms with Crippen molar-refractivity contribution in [2.45, 2.75) is 0 Å². The molecule has 2 heterocycles. The number of nitrogens with zero attached hydrogens (tertiary/aromatic N) is 1. The van der Waals surface area contributed by atoms with Crippen LogP contribution < -0.4 is 20.1 Å². The predicted molar refractivity (Wildman–Crippen MR) is 74.5 cm³/mol. The molecule has 0 radical (unpaired) electrons. The molecule has 1 aromatic heterocycles. The molecule has 2 N–H and O–H groups in total. The van der Waals surface area contributed by atoms with Gasteiger partial charge in [0.1, 0.15) is 13.2 Å². The lowest BCUT2D eigenvalue weighted by Gasteiger charge is -2.19. The van der Waals surface area contributed by atoms with Crippen LogP contribution in [0.15, 0.2) is 36.7 Å². The average Bonchev–Trinajstić information content (AvgIpc) is 2.47. The topological polar surface area (TPSA) is 55.4 Å². The summed E-state index contributed by atoms with van der Waals surface area (Å²) < 4.78 is 11.0. The first kappa shape index (κ1) is 11.6. The number of hydrogen-bond donors (Lipinski definition) is 2. The normalized spacial score (nSPS) is 12.9. The van der Waals surface area contributed by atoms with E-state index >= 15 is 0 Å². The summed E-state index contributed by atoms with van der Waals surface area (Å²) in [6.45, 7) is 1.20. The number of benzene rings is 1. The zero-order chi connectivity index (χ0) is 13.1. The second-order valence-corrected chi connectivity index (χ2v) is 4.20. The van der Waals surface area contributed by atoms with Gasteiger partial charge in [-0.15, -0.1) is 0 Å². The Kier molecular flexibility index (Phi) is 3.10. The van der Waals surface area contributed by atoms with Crippen LogP contribution in [0.4, 0.5) is 17.1 Å². The van der Waals surface area contributed by atoms with Gasteiger partial charge in [-0.2, -0.15) is 0 Å². The molecular weight excluding hydrogens is 242 g/mol. The molecule has 2 aromatic rings. The molecule has 1 aliphatic heterocycles. The van der Waals surface area contributed by atoms with Gasteiger partial charge in [-0.1, -0.05) is 0 Å². The van der Waals surface area contributed by atoms with Crippen LogP contribution in [0.5, 0.6) is 11.5 Å². The van der Waals surface area contributed by atoms with Crippen LogP contribution in [0.25, 0.3) is 0 Å². The van der Waals surface area contributed by atoms with E-state index in [0.717, 1.165) is 28.6 Å². The number of anilines is 3. The van der Waals surface area contributed by atoms with Gasteiger partial charge in [0.15, 0.2) is 11.5 Å². The highest BCUT2D eigenvalue weighted by Gasteiger charge is 2.11. The molecule has 0 spiro atoms. The number of fused-ring (bicyclic) bond motifs is 1. The van der Waals surface area contributed by atoms with Gasteiger partial charge in [0, 0.05) is 18.8 Å². The Labute approximate surface area is 111 Å². The van der Waals surface area contributed by atoms with Crippen LogP contribution in [0.2, 0.25) is 0 Å². The highest BCUT2D eigenvalue weighted by molar-refractivity contribution is 5.65. The molecule has 1 aliphatic rings. The summed E-state index contributed by atoms with van der Waals surface area (Å²) in [5.41, 5.74) is 2.82. The average molecular weight is 257 g/mol. The fourth-order valence-corrected chi connectivity index (χ4v) is 1.93. The van der Waals surface area contributed by atoms with Crippen LogP contribution in [0.3, 0.4) is 0 Å². The third kappa shape index (κ3) is 2.54. The van der Waals surface area contributed by atoms with Crippen molar-refractivity contribution in [1.29, 1.82) is 0 Å². The Hall–Kier alpha value is -2.43. The van der Waals surface area contributed by atoms with E-state index in [2.05, 4.69) is 15.6 Å². The second-order valence-electron chi connectivity index (χ2n) is 4.20. The van der Waals surface area contributed by atoms with Crippen molar-refractivity contribution in [3.63, 3.8) is 0 Å². The summed E-state index contributed by atoms with van der Waals surface area (Å²) in [6, 6.07) is 7.79. The van der Waals surface area contributed by atoms with Gasteiger partial charge in [0.25, 0.3) is 0 Å². The third-order valence-corrected chi connectivity index (χ3v) is 2.86. The molecule has 0 saturated heterocycles. The standard InChI is InChI=1S/C14H15N3O2/c1-15-11-6-12(9-16-8-11)17-10-2-3-13-14(7-10)19-5-4-18-13/h2-3,6-9,15,17H,4-5H2,1H3. The summed E-state index contributed by atoms with van der Waals surface area (Å²) >= 11 is 0. The van der Waals surface area contributed by atoms with E-state index in [9.17, 15) is 0 Å². The Morgan fingerprint density at radius 2 is 1.74 bits per heavy atom. The maximum Gasteiger partial charge on any atom is 0.163 e. The molecule has 1 aromatic carbocycles. The van der Waals surface area contributed by atoms with Gasteiger partial charge in [0.2, 0.25) is 0 Å². The molecule has 98 valence electrons. The van der Waals surface area contributed by atoms with E-state index in [1.165, 1.54) is 0 Å². The van der Waals surface area contributed by atoms with Gasteiger partial charge < -0.3 is 20.1 Å². The van der Waals surface area contributed by atoms with Gasteiger partial charge in [-0.05, 0) is 18.2 Å². The summed E-state index contributed by atoms with van der Waals surface area (Å²) in [7, 11) is 1.87. The third-order valence-electron chi connectivity index (χ3n) is 2.86. The van der Waals surface area contributed by atoms with E-state index in [1.807, 2.05) is 31.3 Å². The molecule has 0 amide bonds. The molecule has 3 rings (SSSR count). The van der Waals surface area contributed by atoms with E-state index < -0.39 is 0 Å². The highest BCUT2D eigenvalue weighted by Crippen LogP contribution is 2.33. The molecule has 0 unspecified atom stereocenters. The smallest absolute Gasteiger partial charge is 0.163 e. The van der Waals surface area contributed by atoms with E-state index in [0.29, 0.717) is 13.2 Å². The molecule has 0 saturated carbocycles. The molecule has 0 aliphatic carbocycles. The first-order valence-corrected chi connectivity index (χ1v) is 6.14. The lowest BCUT2D eigenvalue weighted by atomic mass is 10.2. The molecule has 0 atom stereocenters. The lowest BCUT2D eigenvalue weighted by molar-refractivity contribution is 0.171. The van der Waals surface area contributed by atoms with Crippen molar-refractivity contribution >= 4 is 17.1 Å². The number of aromatic nitrogens is 1. The zero-order valence-corrected chi connectivity index (χ0v) is 10.6. The Balaban J connectivity index is 1.82.